The van der Waals surface area contributed by atoms with Gasteiger partial charge in [-0.1, -0.05) is 6.58 Å². The summed E-state index contributed by atoms with van der Waals surface area (Å²) in [6, 6.07) is 0. The Bertz CT molecular complexity index is 227. The van der Waals surface area contributed by atoms with Crippen LogP contribution in [0.15, 0.2) is 24.8 Å². The molecule has 3 nitrogen and oxygen atoms in total. The zero-order valence-corrected chi connectivity index (χ0v) is 8.12. The van der Waals surface area contributed by atoms with Gasteiger partial charge in [-0.25, -0.2) is 0 Å². The van der Waals surface area contributed by atoms with Gasteiger partial charge in [-0.05, 0) is 26.0 Å². The minimum absolute atomic E-state index is 0.139. The van der Waals surface area contributed by atoms with Crippen molar-refractivity contribution >= 4 is 11.7 Å². The Morgan fingerprint density at radius 2 is 1.77 bits per heavy atom. The van der Waals surface area contributed by atoms with Gasteiger partial charge in [-0.15, -0.1) is 0 Å². The lowest BCUT2D eigenvalue weighted by molar-refractivity contribution is -0.125. The molecule has 0 bridgehead atoms. The molecule has 0 aliphatic rings. The van der Waals surface area contributed by atoms with E-state index in [1.807, 2.05) is 13.8 Å². The first-order valence-electron chi connectivity index (χ1n) is 4.29. The molecular formula is C10H15NO2. The van der Waals surface area contributed by atoms with Gasteiger partial charge in [0.1, 0.15) is 0 Å². The lowest BCUT2D eigenvalue weighted by atomic mass is 10.3. The van der Waals surface area contributed by atoms with Gasteiger partial charge in [0, 0.05) is 19.2 Å². The van der Waals surface area contributed by atoms with E-state index in [4.69, 9.17) is 0 Å². The normalized spacial score (nSPS) is 10.0. The number of amides is 1. The fourth-order valence-corrected chi connectivity index (χ4v) is 0.862. The third-order valence-corrected chi connectivity index (χ3v) is 1.67. The van der Waals surface area contributed by atoms with Gasteiger partial charge in [0.05, 0.1) is 0 Å². The second-order valence-electron chi connectivity index (χ2n) is 2.45. The van der Waals surface area contributed by atoms with Gasteiger partial charge in [0.2, 0.25) is 5.91 Å². The zero-order chi connectivity index (χ0) is 10.3. The maximum atomic E-state index is 11.3. The van der Waals surface area contributed by atoms with Gasteiger partial charge in [0.25, 0.3) is 0 Å². The van der Waals surface area contributed by atoms with Crippen LogP contribution in [0.3, 0.4) is 0 Å². The van der Waals surface area contributed by atoms with Crippen LogP contribution in [-0.4, -0.2) is 29.7 Å². The summed E-state index contributed by atoms with van der Waals surface area (Å²) in [5.74, 6) is -0.388. The summed E-state index contributed by atoms with van der Waals surface area (Å²) >= 11 is 0. The predicted octanol–water partition coefficient (Wildman–Crippen LogP) is 1.17. The third-order valence-electron chi connectivity index (χ3n) is 1.67. The average molecular weight is 181 g/mol. The summed E-state index contributed by atoms with van der Waals surface area (Å²) in [6.45, 7) is 8.39. The number of allylic oxidation sites excluding steroid dienone is 2. The van der Waals surface area contributed by atoms with Crippen molar-refractivity contribution in [2.24, 2.45) is 0 Å². The van der Waals surface area contributed by atoms with Crippen molar-refractivity contribution in [2.75, 3.05) is 13.1 Å². The number of ketones is 1. The van der Waals surface area contributed by atoms with Crippen LogP contribution in [0.4, 0.5) is 0 Å². The highest BCUT2D eigenvalue weighted by Gasteiger charge is 2.04. The van der Waals surface area contributed by atoms with E-state index in [2.05, 4.69) is 6.58 Å². The van der Waals surface area contributed by atoms with Crippen molar-refractivity contribution < 1.29 is 9.59 Å². The molecule has 0 radical (unpaired) electrons. The van der Waals surface area contributed by atoms with Crippen LogP contribution in [0.5, 0.6) is 0 Å². The third kappa shape index (κ3) is 4.25. The van der Waals surface area contributed by atoms with E-state index >= 15 is 0 Å². The van der Waals surface area contributed by atoms with Gasteiger partial charge < -0.3 is 4.90 Å². The Morgan fingerprint density at radius 3 is 2.15 bits per heavy atom. The minimum atomic E-state index is -0.250. The van der Waals surface area contributed by atoms with Crippen LogP contribution in [-0.2, 0) is 9.59 Å². The fourth-order valence-electron chi connectivity index (χ4n) is 0.862. The molecule has 0 N–H and O–H groups in total. The number of hydrogen-bond donors (Lipinski definition) is 0. The van der Waals surface area contributed by atoms with Crippen molar-refractivity contribution in [3.63, 3.8) is 0 Å². The molecule has 3 heteroatoms. The van der Waals surface area contributed by atoms with Crippen molar-refractivity contribution in [3.8, 4) is 0 Å². The Hall–Kier alpha value is -1.38. The predicted molar refractivity (Wildman–Crippen MR) is 52.3 cm³/mol. The summed E-state index contributed by atoms with van der Waals surface area (Å²) in [6.07, 6.45) is 3.68. The standard InChI is InChI=1S/C10H15NO2/c1-4-9(12)7-8-10(13)11(5-2)6-3/h4,7-8H,1,5-6H2,2-3H3. The highest BCUT2D eigenvalue weighted by Crippen LogP contribution is 1.90. The molecule has 72 valence electrons. The van der Waals surface area contributed by atoms with E-state index in [0.29, 0.717) is 13.1 Å². The number of rotatable bonds is 5. The molecule has 0 rings (SSSR count). The maximum Gasteiger partial charge on any atom is 0.246 e. The SMILES string of the molecule is C=CC(=O)C=CC(=O)N(CC)CC. The summed E-state index contributed by atoms with van der Waals surface area (Å²) in [5.41, 5.74) is 0. The van der Waals surface area contributed by atoms with Crippen molar-refractivity contribution in [1.29, 1.82) is 0 Å². The fraction of sp³-hybridized carbons (Fsp3) is 0.400. The summed E-state index contributed by atoms with van der Waals surface area (Å²) in [7, 11) is 0. The first kappa shape index (κ1) is 11.6. The molecule has 0 saturated heterocycles. The molecular weight excluding hydrogens is 166 g/mol. The number of carbonyl (C=O) groups excluding carboxylic acids is 2. The molecule has 0 atom stereocenters. The van der Waals surface area contributed by atoms with E-state index in [9.17, 15) is 9.59 Å². The monoisotopic (exact) mass is 181 g/mol. The van der Waals surface area contributed by atoms with E-state index in [1.165, 1.54) is 18.2 Å². The zero-order valence-electron chi connectivity index (χ0n) is 8.12. The van der Waals surface area contributed by atoms with Crippen LogP contribution in [0, 0.1) is 0 Å². The summed E-state index contributed by atoms with van der Waals surface area (Å²) in [5, 5.41) is 0. The van der Waals surface area contributed by atoms with E-state index < -0.39 is 0 Å². The number of hydrogen-bond acceptors (Lipinski definition) is 2. The van der Waals surface area contributed by atoms with Gasteiger partial charge in [-0.2, -0.15) is 0 Å². The van der Waals surface area contributed by atoms with Gasteiger partial charge >= 0.3 is 0 Å². The average Bonchev–Trinajstić information content (AvgIpc) is 2.16. The lowest BCUT2D eigenvalue weighted by Gasteiger charge is -2.15. The number of carbonyl (C=O) groups is 2. The van der Waals surface area contributed by atoms with Gasteiger partial charge in [0.15, 0.2) is 5.78 Å². The van der Waals surface area contributed by atoms with Crippen molar-refractivity contribution in [3.05, 3.63) is 24.8 Å². The molecule has 0 aromatic heterocycles. The Balaban J connectivity index is 4.19. The van der Waals surface area contributed by atoms with Crippen LogP contribution < -0.4 is 0 Å². The summed E-state index contributed by atoms with van der Waals surface area (Å²) in [4.78, 5) is 23.7. The van der Waals surface area contributed by atoms with Crippen molar-refractivity contribution in [1.82, 2.24) is 4.90 Å². The molecule has 0 aromatic carbocycles. The van der Waals surface area contributed by atoms with Crippen LogP contribution in [0.25, 0.3) is 0 Å². The second kappa shape index (κ2) is 6.17. The highest BCUT2D eigenvalue weighted by atomic mass is 16.2. The molecule has 0 heterocycles. The van der Waals surface area contributed by atoms with Gasteiger partial charge in [-0.3, -0.25) is 9.59 Å². The quantitative estimate of drug-likeness (QED) is 0.597. The molecule has 1 amide bonds. The molecule has 0 unspecified atom stereocenters. The van der Waals surface area contributed by atoms with E-state index in [0.717, 1.165) is 0 Å². The molecule has 0 fully saturated rings. The second-order valence-corrected chi connectivity index (χ2v) is 2.45. The highest BCUT2D eigenvalue weighted by molar-refractivity contribution is 6.03. The first-order valence-corrected chi connectivity index (χ1v) is 4.29. The summed E-state index contributed by atoms with van der Waals surface area (Å²) < 4.78 is 0. The van der Waals surface area contributed by atoms with Crippen LogP contribution in [0.1, 0.15) is 13.8 Å². The molecule has 0 saturated carbocycles. The van der Waals surface area contributed by atoms with Crippen LogP contribution >= 0.6 is 0 Å². The lowest BCUT2D eigenvalue weighted by Crippen LogP contribution is -2.28. The molecule has 0 aliphatic carbocycles. The van der Waals surface area contributed by atoms with E-state index in [1.54, 1.807) is 4.90 Å². The number of likely N-dealkylation sites (N-methyl/N-ethyl adjacent to an activating group) is 1. The Labute approximate surface area is 78.7 Å². The minimum Gasteiger partial charge on any atom is -0.340 e. The maximum absolute atomic E-state index is 11.3. The smallest absolute Gasteiger partial charge is 0.246 e. The molecule has 0 spiro atoms. The number of nitrogens with zero attached hydrogens (tertiary/aromatic N) is 1. The molecule has 13 heavy (non-hydrogen) atoms. The Kier molecular flexibility index (Phi) is 5.52. The van der Waals surface area contributed by atoms with Crippen molar-refractivity contribution in [2.45, 2.75) is 13.8 Å². The Morgan fingerprint density at radius 1 is 1.23 bits per heavy atom. The van der Waals surface area contributed by atoms with Crippen LogP contribution in [0.2, 0.25) is 0 Å². The van der Waals surface area contributed by atoms with E-state index in [-0.39, 0.29) is 11.7 Å². The largest absolute Gasteiger partial charge is 0.340 e. The molecule has 0 aliphatic heterocycles. The topological polar surface area (TPSA) is 37.4 Å². The molecule has 0 aromatic rings. The first-order chi connectivity index (χ1) is 6.15.